The van der Waals surface area contributed by atoms with Crippen LogP contribution in [-0.2, 0) is 30.1 Å². The second-order valence-corrected chi connectivity index (χ2v) is 15.1. The highest BCUT2D eigenvalue weighted by molar-refractivity contribution is 8.08. The predicted molar refractivity (Wildman–Crippen MR) is 155 cm³/mol. The summed E-state index contributed by atoms with van der Waals surface area (Å²) in [5.41, 5.74) is 3.42. The summed E-state index contributed by atoms with van der Waals surface area (Å²) in [4.78, 5) is 25.9. The average molecular weight is 588 g/mol. The lowest BCUT2D eigenvalue weighted by molar-refractivity contribution is -0.125. The lowest BCUT2D eigenvalue weighted by Gasteiger charge is -2.37. The summed E-state index contributed by atoms with van der Waals surface area (Å²) in [6.07, 6.45) is 7.45. The van der Waals surface area contributed by atoms with Gasteiger partial charge in [0.2, 0.25) is 21.8 Å². The van der Waals surface area contributed by atoms with E-state index in [1.807, 2.05) is 37.2 Å². The summed E-state index contributed by atoms with van der Waals surface area (Å²) < 4.78 is 57.0. The Bertz CT molecular complexity index is 1700. The summed E-state index contributed by atoms with van der Waals surface area (Å²) in [7, 11) is -2.40. The van der Waals surface area contributed by atoms with Crippen molar-refractivity contribution >= 4 is 48.0 Å². The van der Waals surface area contributed by atoms with Crippen LogP contribution in [0.2, 0.25) is 0 Å². The lowest BCUT2D eigenvalue weighted by atomic mass is 9.64. The first-order valence-corrected chi connectivity index (χ1v) is 16.7. The maximum absolute atomic E-state index is 13.2. The quantitative estimate of drug-likeness (QED) is 0.355. The van der Waals surface area contributed by atoms with Crippen molar-refractivity contribution in [3.63, 3.8) is 0 Å². The number of nitrogens with zero attached hydrogens (tertiary/aromatic N) is 4. The van der Waals surface area contributed by atoms with Crippen LogP contribution in [0.1, 0.15) is 31.2 Å². The summed E-state index contributed by atoms with van der Waals surface area (Å²) in [5, 5.41) is -0.197. The van der Waals surface area contributed by atoms with E-state index in [4.69, 9.17) is 4.74 Å². The van der Waals surface area contributed by atoms with Gasteiger partial charge in [0, 0.05) is 42.6 Å². The SMILES string of the molecule is CN(C)CCCOc1ncc(-c2ccc3ncc4c(c3c2)C2(CCC2)C(=O)N4C)cc1NS(=O)(=O)CS(C)(=O)=O. The first-order valence-electron chi connectivity index (χ1n) is 13.0. The van der Waals surface area contributed by atoms with Crippen LogP contribution in [0.15, 0.2) is 36.7 Å². The van der Waals surface area contributed by atoms with E-state index >= 15 is 0 Å². The van der Waals surface area contributed by atoms with Gasteiger partial charge in [-0.2, -0.15) is 0 Å². The maximum Gasteiger partial charge on any atom is 0.247 e. The molecular formula is C27H33N5O6S2. The minimum atomic E-state index is -4.24. The Morgan fingerprint density at radius 2 is 1.82 bits per heavy atom. The lowest BCUT2D eigenvalue weighted by Crippen LogP contribution is -2.43. The van der Waals surface area contributed by atoms with E-state index in [2.05, 4.69) is 14.7 Å². The normalized spacial score (nSPS) is 16.4. The van der Waals surface area contributed by atoms with Crippen LogP contribution in [0.4, 0.5) is 11.4 Å². The fourth-order valence-electron chi connectivity index (χ4n) is 5.48. The Morgan fingerprint density at radius 3 is 2.48 bits per heavy atom. The van der Waals surface area contributed by atoms with Gasteiger partial charge < -0.3 is 14.5 Å². The van der Waals surface area contributed by atoms with Crippen molar-refractivity contribution in [3.05, 3.63) is 42.2 Å². The highest BCUT2D eigenvalue weighted by Crippen LogP contribution is 2.55. The van der Waals surface area contributed by atoms with Crippen LogP contribution in [0.5, 0.6) is 5.88 Å². The Balaban J connectivity index is 1.55. The standard InChI is InChI=1S/C27H33N5O6S2/c1-31(2)11-6-12-38-25-22(30-40(36,37)17-39(4,34)35)14-19(15-29-25)18-7-8-21-20(13-18)24-23(16-28-21)32(3)26(33)27(24)9-5-10-27/h7-8,13-16,30H,5-6,9-12,17H2,1-4H3. The van der Waals surface area contributed by atoms with Gasteiger partial charge in [-0.15, -0.1) is 0 Å². The number of carbonyl (C=O) groups is 1. The van der Waals surface area contributed by atoms with Crippen LogP contribution in [0.3, 0.4) is 0 Å². The van der Waals surface area contributed by atoms with Gasteiger partial charge in [0.1, 0.15) is 5.69 Å². The molecule has 0 bridgehead atoms. The van der Waals surface area contributed by atoms with Gasteiger partial charge in [-0.1, -0.05) is 12.5 Å². The van der Waals surface area contributed by atoms with Gasteiger partial charge >= 0.3 is 0 Å². The molecule has 1 amide bonds. The number of hydrogen-bond donors (Lipinski definition) is 1. The topological polar surface area (TPSA) is 139 Å². The van der Waals surface area contributed by atoms with E-state index in [9.17, 15) is 21.6 Å². The third-order valence-corrected chi connectivity index (χ3v) is 10.9. The molecule has 1 spiro atoms. The predicted octanol–water partition coefficient (Wildman–Crippen LogP) is 2.77. The van der Waals surface area contributed by atoms with Crippen LogP contribution in [0.25, 0.3) is 22.0 Å². The number of likely N-dealkylation sites (N-methyl/N-ethyl adjacent to an activating group) is 1. The molecule has 3 heterocycles. The molecule has 1 N–H and O–H groups in total. The first kappa shape index (κ1) is 28.2. The van der Waals surface area contributed by atoms with E-state index in [1.165, 1.54) is 0 Å². The number of nitrogens with one attached hydrogen (secondary N) is 1. The third-order valence-electron chi connectivity index (χ3n) is 7.42. The first-order chi connectivity index (χ1) is 18.8. The number of sulfone groups is 1. The zero-order chi connectivity index (χ0) is 28.9. The molecule has 3 aromatic rings. The Labute approximate surface area is 234 Å². The van der Waals surface area contributed by atoms with Crippen molar-refractivity contribution < 1.29 is 26.4 Å². The highest BCUT2D eigenvalue weighted by atomic mass is 32.3. The Morgan fingerprint density at radius 1 is 1.07 bits per heavy atom. The van der Waals surface area contributed by atoms with E-state index < -0.39 is 30.4 Å². The summed E-state index contributed by atoms with van der Waals surface area (Å²) in [6, 6.07) is 7.28. The minimum absolute atomic E-state index is 0.0490. The van der Waals surface area contributed by atoms with Crippen molar-refractivity contribution in [2.75, 3.05) is 55.3 Å². The van der Waals surface area contributed by atoms with Crippen molar-refractivity contribution in [2.24, 2.45) is 0 Å². The van der Waals surface area contributed by atoms with Crippen molar-refractivity contribution in [3.8, 4) is 17.0 Å². The van der Waals surface area contributed by atoms with Crippen LogP contribution in [0, 0.1) is 0 Å². The molecule has 0 saturated heterocycles. The van der Waals surface area contributed by atoms with Crippen molar-refractivity contribution in [2.45, 2.75) is 31.1 Å². The zero-order valence-electron chi connectivity index (χ0n) is 23.0. The molecule has 1 aromatic carbocycles. The van der Waals surface area contributed by atoms with Crippen molar-refractivity contribution in [1.82, 2.24) is 14.9 Å². The maximum atomic E-state index is 13.2. The number of aromatic nitrogens is 2. The molecule has 214 valence electrons. The van der Waals surface area contributed by atoms with Crippen LogP contribution >= 0.6 is 0 Å². The second kappa shape index (κ2) is 10.3. The van der Waals surface area contributed by atoms with Gasteiger partial charge in [0.15, 0.2) is 14.9 Å². The third kappa shape index (κ3) is 5.37. The van der Waals surface area contributed by atoms with E-state index in [0.29, 0.717) is 18.6 Å². The molecule has 13 heteroatoms. The van der Waals surface area contributed by atoms with Gasteiger partial charge in [-0.05, 0) is 57.1 Å². The number of hydrogen-bond acceptors (Lipinski definition) is 9. The smallest absolute Gasteiger partial charge is 0.247 e. The Kier molecular flexibility index (Phi) is 7.26. The molecule has 40 heavy (non-hydrogen) atoms. The molecule has 1 fully saturated rings. The molecule has 0 radical (unpaired) electrons. The number of benzene rings is 1. The molecule has 0 unspecified atom stereocenters. The molecular weight excluding hydrogens is 554 g/mol. The van der Waals surface area contributed by atoms with Crippen LogP contribution < -0.4 is 14.4 Å². The number of carbonyl (C=O) groups excluding carboxylic acids is 1. The van der Waals surface area contributed by atoms with E-state index in [-0.39, 0.29) is 17.5 Å². The number of rotatable bonds is 10. The Hall–Kier alpha value is -3.29. The van der Waals surface area contributed by atoms with Crippen LogP contribution in [-0.4, -0.2) is 83.2 Å². The number of anilines is 2. The van der Waals surface area contributed by atoms with E-state index in [1.54, 1.807) is 30.4 Å². The molecule has 2 aromatic heterocycles. The molecule has 1 aliphatic carbocycles. The highest BCUT2D eigenvalue weighted by Gasteiger charge is 2.54. The average Bonchev–Trinajstić information content (AvgIpc) is 3.07. The largest absolute Gasteiger partial charge is 0.476 e. The number of ether oxygens (including phenoxy) is 1. The zero-order valence-corrected chi connectivity index (χ0v) is 24.6. The van der Waals surface area contributed by atoms with Gasteiger partial charge in [0.05, 0.1) is 29.4 Å². The fourth-order valence-corrected chi connectivity index (χ4v) is 8.45. The summed E-state index contributed by atoms with van der Waals surface area (Å²) in [5.74, 6) is 0.150. The molecule has 11 nitrogen and oxygen atoms in total. The number of fused-ring (bicyclic) bond motifs is 4. The van der Waals surface area contributed by atoms with E-state index in [0.717, 1.165) is 59.8 Å². The summed E-state index contributed by atoms with van der Waals surface area (Å²) in [6.45, 7) is 1.06. The number of sulfonamides is 1. The molecule has 1 saturated carbocycles. The number of amides is 1. The second-order valence-electron chi connectivity index (χ2n) is 10.9. The van der Waals surface area contributed by atoms with Gasteiger partial charge in [0.25, 0.3) is 0 Å². The number of pyridine rings is 2. The summed E-state index contributed by atoms with van der Waals surface area (Å²) >= 11 is 0. The monoisotopic (exact) mass is 587 g/mol. The minimum Gasteiger partial charge on any atom is -0.476 e. The van der Waals surface area contributed by atoms with Gasteiger partial charge in [-0.3, -0.25) is 14.5 Å². The molecule has 0 atom stereocenters. The molecule has 5 rings (SSSR count). The fraction of sp³-hybridized carbons (Fsp3) is 0.444. The molecule has 1 aliphatic heterocycles. The van der Waals surface area contributed by atoms with Crippen molar-refractivity contribution in [1.29, 1.82) is 0 Å². The van der Waals surface area contributed by atoms with Gasteiger partial charge in [-0.25, -0.2) is 21.8 Å². The molecule has 2 aliphatic rings.